The molecule has 0 aliphatic carbocycles. The summed E-state index contributed by atoms with van der Waals surface area (Å²) in [7, 11) is 0. The van der Waals surface area contributed by atoms with Crippen LogP contribution in [0.2, 0.25) is 0 Å². The van der Waals surface area contributed by atoms with Gasteiger partial charge in [0.1, 0.15) is 23.4 Å². The summed E-state index contributed by atoms with van der Waals surface area (Å²) < 4.78 is 6.24. The first-order chi connectivity index (χ1) is 17.6. The number of hydrogen-bond donors (Lipinski definition) is 3. The molecule has 1 aliphatic rings. The van der Waals surface area contributed by atoms with E-state index in [1.807, 2.05) is 72.2 Å². The van der Waals surface area contributed by atoms with Gasteiger partial charge >= 0.3 is 0 Å². The normalized spacial score (nSPS) is 18.7. The molecule has 0 radical (unpaired) electrons. The van der Waals surface area contributed by atoms with Crippen molar-refractivity contribution in [3.8, 4) is 16.2 Å². The van der Waals surface area contributed by atoms with Gasteiger partial charge in [-0.15, -0.1) is 11.3 Å². The zero-order valence-corrected chi connectivity index (χ0v) is 24.4. The second-order valence-electron chi connectivity index (χ2n) is 11.9. The Morgan fingerprint density at radius 1 is 1.21 bits per heavy atom. The quantitative estimate of drug-likeness (QED) is 0.491. The average molecular weight is 545 g/mol. The molecule has 1 saturated heterocycles. The van der Waals surface area contributed by atoms with E-state index in [9.17, 15) is 19.5 Å². The minimum absolute atomic E-state index is 0.0321. The van der Waals surface area contributed by atoms with Crippen molar-refractivity contribution in [3.05, 3.63) is 35.0 Å². The van der Waals surface area contributed by atoms with Crippen molar-refractivity contribution in [2.75, 3.05) is 6.54 Å². The summed E-state index contributed by atoms with van der Waals surface area (Å²) in [6.07, 6.45) is -0.696. The van der Waals surface area contributed by atoms with Crippen LogP contribution in [0.5, 0.6) is 5.75 Å². The van der Waals surface area contributed by atoms with Crippen LogP contribution < -0.4 is 15.4 Å². The summed E-state index contributed by atoms with van der Waals surface area (Å²) in [6.45, 7) is 15.0. The van der Waals surface area contributed by atoms with E-state index in [-0.39, 0.29) is 37.2 Å². The van der Waals surface area contributed by atoms with Crippen LogP contribution in [-0.4, -0.2) is 63.0 Å². The number of aromatic nitrogens is 1. The van der Waals surface area contributed by atoms with E-state index in [0.717, 1.165) is 21.7 Å². The van der Waals surface area contributed by atoms with Gasteiger partial charge < -0.3 is 25.4 Å². The zero-order chi connectivity index (χ0) is 28.4. The molecule has 9 nitrogen and oxygen atoms in total. The molecule has 0 saturated carbocycles. The van der Waals surface area contributed by atoms with Gasteiger partial charge in [-0.3, -0.25) is 14.4 Å². The third-order valence-corrected chi connectivity index (χ3v) is 7.25. The summed E-state index contributed by atoms with van der Waals surface area (Å²) in [4.78, 5) is 45.3. The predicted molar refractivity (Wildman–Crippen MR) is 148 cm³/mol. The molecule has 0 bridgehead atoms. The molecular weight excluding hydrogens is 504 g/mol. The van der Waals surface area contributed by atoms with E-state index in [1.54, 1.807) is 11.3 Å². The van der Waals surface area contributed by atoms with Gasteiger partial charge in [0.05, 0.1) is 22.2 Å². The second-order valence-corrected chi connectivity index (χ2v) is 12.8. The Morgan fingerprint density at radius 3 is 2.45 bits per heavy atom. The molecule has 208 valence electrons. The third-order valence-electron chi connectivity index (χ3n) is 6.27. The van der Waals surface area contributed by atoms with Gasteiger partial charge in [-0.05, 0) is 44.7 Å². The molecule has 3 rings (SSSR count). The van der Waals surface area contributed by atoms with E-state index < -0.39 is 29.2 Å². The summed E-state index contributed by atoms with van der Waals surface area (Å²) in [5.74, 6) is -0.428. The molecule has 0 spiro atoms. The minimum atomic E-state index is -0.845. The van der Waals surface area contributed by atoms with Gasteiger partial charge in [0.25, 0.3) is 0 Å². The van der Waals surface area contributed by atoms with Crippen molar-refractivity contribution >= 4 is 29.1 Å². The summed E-state index contributed by atoms with van der Waals surface area (Å²) in [6, 6.07) is 4.20. The number of ether oxygens (including phenoxy) is 1. The smallest absolute Gasteiger partial charge is 0.246 e. The lowest BCUT2D eigenvalue weighted by atomic mass is 9.85. The fraction of sp³-hybridized carbons (Fsp3) is 0.571. The highest BCUT2D eigenvalue weighted by atomic mass is 32.1. The second kappa shape index (κ2) is 11.4. The Labute approximate surface area is 229 Å². The molecule has 2 heterocycles. The molecule has 1 aliphatic heterocycles. The van der Waals surface area contributed by atoms with Crippen LogP contribution in [0.3, 0.4) is 0 Å². The maximum absolute atomic E-state index is 13.4. The average Bonchev–Trinajstić information content (AvgIpc) is 3.39. The number of aliphatic hydroxyl groups is 1. The van der Waals surface area contributed by atoms with Gasteiger partial charge in [0.15, 0.2) is 0 Å². The Bertz CT molecular complexity index is 1180. The first-order valence-corrected chi connectivity index (χ1v) is 13.7. The molecule has 1 unspecified atom stereocenters. The van der Waals surface area contributed by atoms with Crippen LogP contribution >= 0.6 is 11.3 Å². The van der Waals surface area contributed by atoms with E-state index in [0.29, 0.717) is 5.75 Å². The van der Waals surface area contributed by atoms with Crippen molar-refractivity contribution in [2.45, 2.75) is 92.1 Å². The largest absolute Gasteiger partial charge is 0.488 e. The molecule has 3 amide bonds. The maximum Gasteiger partial charge on any atom is 0.246 e. The SMILES string of the molecule is CC(=O)NC(C(=O)N1C[C@H](O)C[C@H]1C(=O)NCc1ccc(-c2scnc2C)cc1OC(C)(C)C)C(C)(C)C. The van der Waals surface area contributed by atoms with Crippen molar-refractivity contribution in [1.82, 2.24) is 20.5 Å². The number of nitrogens with zero attached hydrogens (tertiary/aromatic N) is 2. The Morgan fingerprint density at radius 2 is 1.89 bits per heavy atom. The first kappa shape index (κ1) is 29.6. The van der Waals surface area contributed by atoms with E-state index in [1.165, 1.54) is 11.8 Å². The molecular formula is C28H40N4O5S. The zero-order valence-electron chi connectivity index (χ0n) is 23.5. The van der Waals surface area contributed by atoms with E-state index in [2.05, 4.69) is 15.6 Å². The molecule has 1 aromatic carbocycles. The van der Waals surface area contributed by atoms with Crippen molar-refractivity contribution < 1.29 is 24.2 Å². The number of aryl methyl sites for hydroxylation is 1. The number of hydrogen-bond acceptors (Lipinski definition) is 7. The molecule has 10 heteroatoms. The van der Waals surface area contributed by atoms with E-state index >= 15 is 0 Å². The predicted octanol–water partition coefficient (Wildman–Crippen LogP) is 3.42. The maximum atomic E-state index is 13.4. The number of aliphatic hydroxyl groups excluding tert-OH is 1. The number of likely N-dealkylation sites (tertiary alicyclic amines) is 1. The molecule has 1 fully saturated rings. The van der Waals surface area contributed by atoms with Crippen LogP contribution in [0.4, 0.5) is 0 Å². The topological polar surface area (TPSA) is 121 Å². The number of carbonyl (C=O) groups excluding carboxylic acids is 3. The van der Waals surface area contributed by atoms with Crippen LogP contribution in [0.1, 0.15) is 66.1 Å². The van der Waals surface area contributed by atoms with Crippen molar-refractivity contribution in [1.29, 1.82) is 0 Å². The minimum Gasteiger partial charge on any atom is -0.488 e. The summed E-state index contributed by atoms with van der Waals surface area (Å²) in [5.41, 5.74) is 3.50. The number of amides is 3. The number of benzene rings is 1. The number of carbonyl (C=O) groups is 3. The van der Waals surface area contributed by atoms with Crippen LogP contribution in [0, 0.1) is 12.3 Å². The Balaban J connectivity index is 1.81. The van der Waals surface area contributed by atoms with Gasteiger partial charge in [0, 0.05) is 32.0 Å². The van der Waals surface area contributed by atoms with Crippen molar-refractivity contribution in [2.24, 2.45) is 5.41 Å². The van der Waals surface area contributed by atoms with Gasteiger partial charge in [-0.1, -0.05) is 32.9 Å². The Kier molecular flexibility index (Phi) is 8.88. The highest BCUT2D eigenvalue weighted by Crippen LogP contribution is 2.33. The lowest BCUT2D eigenvalue weighted by Gasteiger charge is -2.35. The molecule has 38 heavy (non-hydrogen) atoms. The Hall–Kier alpha value is -2.98. The number of rotatable bonds is 7. The fourth-order valence-corrected chi connectivity index (χ4v) is 5.27. The highest BCUT2D eigenvalue weighted by molar-refractivity contribution is 7.13. The monoisotopic (exact) mass is 544 g/mol. The molecule has 2 aromatic rings. The number of nitrogens with one attached hydrogen (secondary N) is 2. The number of β-amino-alcohol motifs (C(OH)–C–C–N with tert-alkyl or cyclic N) is 1. The van der Waals surface area contributed by atoms with Crippen LogP contribution in [0.15, 0.2) is 23.7 Å². The third kappa shape index (κ3) is 7.32. The summed E-state index contributed by atoms with van der Waals surface area (Å²) >= 11 is 1.56. The lowest BCUT2D eigenvalue weighted by Crippen LogP contribution is -2.57. The first-order valence-electron chi connectivity index (χ1n) is 12.8. The standard InChI is InChI=1S/C28H40N4O5S/c1-16-23(38-15-30-16)18-9-10-19(22(11-18)37-28(6,7)8)13-29-25(35)21-12-20(34)14-32(21)26(36)24(27(3,4)5)31-17(2)33/h9-11,15,20-21,24,34H,12-14H2,1-8H3,(H,29,35)(H,31,33)/t20-,21+,24?/m1/s1. The van der Waals surface area contributed by atoms with Crippen molar-refractivity contribution in [3.63, 3.8) is 0 Å². The van der Waals surface area contributed by atoms with Crippen LogP contribution in [-0.2, 0) is 20.9 Å². The highest BCUT2D eigenvalue weighted by Gasteiger charge is 2.44. The van der Waals surface area contributed by atoms with Crippen LogP contribution in [0.25, 0.3) is 10.4 Å². The molecule has 3 N–H and O–H groups in total. The molecule has 1 aromatic heterocycles. The molecule has 3 atom stereocenters. The fourth-order valence-electron chi connectivity index (χ4n) is 4.47. The van der Waals surface area contributed by atoms with Gasteiger partial charge in [-0.2, -0.15) is 0 Å². The lowest BCUT2D eigenvalue weighted by molar-refractivity contribution is -0.143. The van der Waals surface area contributed by atoms with Gasteiger partial charge in [0.2, 0.25) is 17.7 Å². The van der Waals surface area contributed by atoms with E-state index in [4.69, 9.17) is 4.74 Å². The summed E-state index contributed by atoms with van der Waals surface area (Å²) in [5, 5.41) is 16.0. The number of thiazole rings is 1. The van der Waals surface area contributed by atoms with Gasteiger partial charge in [-0.25, -0.2) is 4.98 Å².